The fourth-order valence-electron chi connectivity index (χ4n) is 2.14. The summed E-state index contributed by atoms with van der Waals surface area (Å²) in [5.41, 5.74) is 0.687. The molecule has 4 nitrogen and oxygen atoms in total. The van der Waals surface area contributed by atoms with Crippen molar-refractivity contribution in [3.63, 3.8) is 0 Å². The summed E-state index contributed by atoms with van der Waals surface area (Å²) in [5.74, 6) is -0.719. The van der Waals surface area contributed by atoms with Crippen LogP contribution in [-0.2, 0) is 4.79 Å². The van der Waals surface area contributed by atoms with E-state index in [2.05, 4.69) is 12.1 Å². The molecule has 0 radical (unpaired) electrons. The van der Waals surface area contributed by atoms with Gasteiger partial charge in [0, 0.05) is 6.42 Å². The minimum absolute atomic E-state index is 0.263. The number of allylic oxidation sites excluding steroid dienone is 2. The van der Waals surface area contributed by atoms with Crippen LogP contribution in [0.15, 0.2) is 16.9 Å². The minimum Gasteiger partial charge on any atom is -0.481 e. The molecule has 116 valence electrons. The van der Waals surface area contributed by atoms with Crippen LogP contribution < -0.4 is 0 Å². The zero-order chi connectivity index (χ0) is 15.1. The lowest BCUT2D eigenvalue weighted by Gasteiger charge is -2.01. The summed E-state index contributed by atoms with van der Waals surface area (Å²) in [6.07, 6.45) is 13.6. The summed E-state index contributed by atoms with van der Waals surface area (Å²) in [5, 5.41) is 11.6. The van der Waals surface area contributed by atoms with Crippen LogP contribution in [-0.4, -0.2) is 11.1 Å². The molecule has 0 saturated carbocycles. The van der Waals surface area contributed by atoms with Crippen molar-refractivity contribution in [3.05, 3.63) is 16.7 Å². The van der Waals surface area contributed by atoms with Crippen molar-refractivity contribution in [2.24, 2.45) is 5.18 Å². The Bertz CT molecular complexity index is 287. The van der Waals surface area contributed by atoms with Gasteiger partial charge in [-0.2, -0.15) is 0 Å². The number of carbonyl (C=O) groups is 1. The lowest BCUT2D eigenvalue weighted by molar-refractivity contribution is -0.137. The topological polar surface area (TPSA) is 66.7 Å². The van der Waals surface area contributed by atoms with E-state index in [0.717, 1.165) is 51.4 Å². The van der Waals surface area contributed by atoms with Gasteiger partial charge >= 0.3 is 5.97 Å². The Morgan fingerprint density at radius 1 is 0.950 bits per heavy atom. The first-order valence-electron chi connectivity index (χ1n) is 7.95. The van der Waals surface area contributed by atoms with E-state index >= 15 is 0 Å². The standard InChI is InChI=1S/C16H29NO3/c1-2-3-4-6-9-12-15(17-20)13-10-7-5-8-11-14-16(18)19/h12H,2-11,13-14H2,1H3,(H,18,19)/b15-12+. The van der Waals surface area contributed by atoms with E-state index in [9.17, 15) is 9.70 Å². The molecule has 0 heterocycles. The molecule has 0 saturated heterocycles. The van der Waals surface area contributed by atoms with Gasteiger partial charge in [-0.05, 0) is 37.3 Å². The van der Waals surface area contributed by atoms with Gasteiger partial charge < -0.3 is 5.11 Å². The first-order chi connectivity index (χ1) is 9.70. The molecule has 4 heteroatoms. The number of rotatable bonds is 14. The third kappa shape index (κ3) is 13.2. The van der Waals surface area contributed by atoms with Gasteiger partial charge in [0.25, 0.3) is 0 Å². The largest absolute Gasteiger partial charge is 0.481 e. The quantitative estimate of drug-likeness (QED) is 0.342. The summed E-state index contributed by atoms with van der Waals surface area (Å²) in [6.45, 7) is 2.19. The molecule has 1 N–H and O–H groups in total. The van der Waals surface area contributed by atoms with Gasteiger partial charge in [-0.1, -0.05) is 51.5 Å². The Morgan fingerprint density at radius 3 is 2.15 bits per heavy atom. The van der Waals surface area contributed by atoms with E-state index in [0.29, 0.717) is 5.70 Å². The SMILES string of the molecule is CCCCCC/C=C(\CCCCCCCC(=O)O)N=O. The molecule has 0 aliphatic rings. The van der Waals surface area contributed by atoms with Crippen LogP contribution in [0.2, 0.25) is 0 Å². The van der Waals surface area contributed by atoms with Crippen molar-refractivity contribution >= 4 is 5.97 Å². The van der Waals surface area contributed by atoms with Crippen molar-refractivity contribution < 1.29 is 9.90 Å². The molecule has 0 bridgehead atoms. The fraction of sp³-hybridized carbons (Fsp3) is 0.812. The molecule has 0 aromatic heterocycles. The van der Waals surface area contributed by atoms with E-state index in [1.165, 1.54) is 19.3 Å². The molecule has 0 aromatic carbocycles. The predicted molar refractivity (Wildman–Crippen MR) is 82.6 cm³/mol. The molecule has 0 aromatic rings. The Balaban J connectivity index is 3.51. The van der Waals surface area contributed by atoms with Crippen molar-refractivity contribution in [2.75, 3.05) is 0 Å². The zero-order valence-corrected chi connectivity index (χ0v) is 12.8. The van der Waals surface area contributed by atoms with Gasteiger partial charge in [0.05, 0.1) is 5.70 Å². The Morgan fingerprint density at radius 2 is 1.55 bits per heavy atom. The molecule has 0 fully saturated rings. The third-order valence-corrected chi connectivity index (χ3v) is 3.38. The molecular formula is C16H29NO3. The summed E-state index contributed by atoms with van der Waals surface area (Å²) >= 11 is 0. The van der Waals surface area contributed by atoms with E-state index in [-0.39, 0.29) is 6.42 Å². The lowest BCUT2D eigenvalue weighted by Crippen LogP contribution is -1.93. The second kappa shape index (κ2) is 14.2. The monoisotopic (exact) mass is 283 g/mol. The first kappa shape index (κ1) is 18.8. The van der Waals surface area contributed by atoms with Gasteiger partial charge in [-0.3, -0.25) is 4.79 Å². The normalized spacial score (nSPS) is 11.6. The van der Waals surface area contributed by atoms with Crippen LogP contribution >= 0.6 is 0 Å². The predicted octanol–water partition coefficient (Wildman–Crippen LogP) is 5.42. The van der Waals surface area contributed by atoms with Crippen LogP contribution in [0.3, 0.4) is 0 Å². The van der Waals surface area contributed by atoms with Crippen molar-refractivity contribution in [3.8, 4) is 0 Å². The van der Waals surface area contributed by atoms with E-state index in [1.807, 2.05) is 6.08 Å². The van der Waals surface area contributed by atoms with Crippen molar-refractivity contribution in [1.29, 1.82) is 0 Å². The van der Waals surface area contributed by atoms with Gasteiger partial charge in [-0.15, -0.1) is 4.91 Å². The van der Waals surface area contributed by atoms with Crippen LogP contribution in [0.25, 0.3) is 0 Å². The van der Waals surface area contributed by atoms with E-state index in [4.69, 9.17) is 5.11 Å². The summed E-state index contributed by atoms with van der Waals surface area (Å²) in [7, 11) is 0. The van der Waals surface area contributed by atoms with E-state index in [1.54, 1.807) is 0 Å². The highest BCUT2D eigenvalue weighted by Gasteiger charge is 1.99. The first-order valence-corrected chi connectivity index (χ1v) is 7.95. The molecule has 20 heavy (non-hydrogen) atoms. The number of nitrogens with zero attached hydrogens (tertiary/aromatic N) is 1. The van der Waals surface area contributed by atoms with Gasteiger partial charge in [0.1, 0.15) is 0 Å². The maximum absolute atomic E-state index is 10.7. The highest BCUT2D eigenvalue weighted by Crippen LogP contribution is 2.14. The second-order valence-corrected chi connectivity index (χ2v) is 5.30. The molecule has 0 aliphatic carbocycles. The van der Waals surface area contributed by atoms with E-state index < -0.39 is 5.97 Å². The molecule has 0 spiro atoms. The Hall–Kier alpha value is -1.19. The second-order valence-electron chi connectivity index (χ2n) is 5.30. The smallest absolute Gasteiger partial charge is 0.303 e. The lowest BCUT2D eigenvalue weighted by atomic mass is 10.1. The van der Waals surface area contributed by atoms with Crippen LogP contribution in [0.1, 0.15) is 84.0 Å². The van der Waals surface area contributed by atoms with Crippen LogP contribution in [0, 0.1) is 4.91 Å². The molecule has 0 amide bonds. The fourth-order valence-corrected chi connectivity index (χ4v) is 2.14. The number of carboxylic acids is 1. The summed E-state index contributed by atoms with van der Waals surface area (Å²) in [4.78, 5) is 21.0. The zero-order valence-electron chi connectivity index (χ0n) is 12.8. The number of hydrogen-bond acceptors (Lipinski definition) is 3. The minimum atomic E-state index is -0.719. The Kier molecular flexibility index (Phi) is 13.4. The van der Waals surface area contributed by atoms with Gasteiger partial charge in [-0.25, -0.2) is 0 Å². The number of nitroso groups, excluding NO2 is 1. The number of carboxylic acid groups (broad SMARTS) is 1. The molecule has 0 atom stereocenters. The third-order valence-electron chi connectivity index (χ3n) is 3.38. The average Bonchev–Trinajstić information content (AvgIpc) is 2.43. The van der Waals surface area contributed by atoms with Gasteiger partial charge in [0.15, 0.2) is 0 Å². The average molecular weight is 283 g/mol. The highest BCUT2D eigenvalue weighted by atomic mass is 16.4. The summed E-state index contributed by atoms with van der Waals surface area (Å²) in [6, 6.07) is 0. The molecule has 0 rings (SSSR count). The number of hydrogen-bond donors (Lipinski definition) is 1. The molecule has 0 unspecified atom stereocenters. The Labute approximate surface area is 122 Å². The highest BCUT2D eigenvalue weighted by molar-refractivity contribution is 5.66. The van der Waals surface area contributed by atoms with Crippen LogP contribution in [0.4, 0.5) is 0 Å². The number of unbranched alkanes of at least 4 members (excludes halogenated alkanes) is 8. The number of aliphatic carboxylic acids is 1. The summed E-state index contributed by atoms with van der Waals surface area (Å²) < 4.78 is 0. The van der Waals surface area contributed by atoms with Crippen molar-refractivity contribution in [2.45, 2.75) is 84.0 Å². The van der Waals surface area contributed by atoms with Crippen molar-refractivity contribution in [1.82, 2.24) is 0 Å². The van der Waals surface area contributed by atoms with Crippen LogP contribution in [0.5, 0.6) is 0 Å². The van der Waals surface area contributed by atoms with Gasteiger partial charge in [0.2, 0.25) is 0 Å². The maximum atomic E-state index is 10.7. The maximum Gasteiger partial charge on any atom is 0.303 e. The molecule has 0 aliphatic heterocycles. The molecular weight excluding hydrogens is 254 g/mol.